The van der Waals surface area contributed by atoms with Crippen LogP contribution in [0.2, 0.25) is 0 Å². The van der Waals surface area contributed by atoms with E-state index in [1.165, 1.54) is 116 Å². The van der Waals surface area contributed by atoms with Gasteiger partial charge in [-0.15, -0.1) is 0 Å². The zero-order valence-corrected chi connectivity index (χ0v) is 21.7. The van der Waals surface area contributed by atoms with Gasteiger partial charge >= 0.3 is 5.97 Å². The topological polar surface area (TPSA) is 55.4 Å². The van der Waals surface area contributed by atoms with Crippen LogP contribution in [0.1, 0.15) is 148 Å². The minimum Gasteiger partial charge on any atom is -0.464 e. The molecule has 1 fully saturated rings. The molecule has 0 aromatic heterocycles. The van der Waals surface area contributed by atoms with Crippen LogP contribution in [0.5, 0.6) is 0 Å². The first-order valence-corrected chi connectivity index (χ1v) is 14.3. The van der Waals surface area contributed by atoms with Gasteiger partial charge in [-0.2, -0.15) is 0 Å². The minimum absolute atomic E-state index is 0.0446. The summed E-state index contributed by atoms with van der Waals surface area (Å²) in [6, 6.07) is -0.411. The second-order valence-electron chi connectivity index (χ2n) is 9.89. The Balaban J connectivity index is 1.71. The van der Waals surface area contributed by atoms with E-state index in [0.29, 0.717) is 19.4 Å². The molecule has 4 heteroatoms. The van der Waals surface area contributed by atoms with E-state index >= 15 is 0 Å². The zero-order valence-electron chi connectivity index (χ0n) is 21.7. The monoisotopic (exact) mass is 463 g/mol. The van der Waals surface area contributed by atoms with Gasteiger partial charge in [0, 0.05) is 6.42 Å². The first kappa shape index (κ1) is 29.7. The number of allylic oxidation sites excluding steroid dienone is 2. The van der Waals surface area contributed by atoms with Crippen LogP contribution in [0.4, 0.5) is 0 Å². The summed E-state index contributed by atoms with van der Waals surface area (Å²) in [5.41, 5.74) is 0. The molecule has 1 heterocycles. The summed E-state index contributed by atoms with van der Waals surface area (Å²) in [5, 5.41) is 2.65. The first-order valence-electron chi connectivity index (χ1n) is 14.3. The zero-order chi connectivity index (χ0) is 23.8. The summed E-state index contributed by atoms with van der Waals surface area (Å²) in [7, 11) is 0. The number of esters is 1. The number of carbonyl (C=O) groups excluding carboxylic acids is 2. The summed E-state index contributed by atoms with van der Waals surface area (Å²) < 4.78 is 5.26. The van der Waals surface area contributed by atoms with Crippen LogP contribution < -0.4 is 5.32 Å². The number of ether oxygens (including phenoxy) is 1. The molecule has 1 rings (SSSR count). The Bertz CT molecular complexity index is 503. The van der Waals surface area contributed by atoms with Gasteiger partial charge in [0.05, 0.1) is 6.61 Å². The summed E-state index contributed by atoms with van der Waals surface area (Å²) in [6.45, 7) is 2.77. The molecule has 1 aliphatic heterocycles. The highest BCUT2D eigenvalue weighted by atomic mass is 16.5. The lowest BCUT2D eigenvalue weighted by molar-refractivity contribution is -0.146. The Morgan fingerprint density at radius 3 is 1.67 bits per heavy atom. The van der Waals surface area contributed by atoms with Gasteiger partial charge in [0.2, 0.25) is 5.91 Å². The van der Waals surface area contributed by atoms with Gasteiger partial charge in [-0.05, 0) is 38.5 Å². The molecular formula is C29H53NO3. The number of rotatable bonds is 23. The largest absolute Gasteiger partial charge is 0.464 e. The Morgan fingerprint density at radius 1 is 0.758 bits per heavy atom. The van der Waals surface area contributed by atoms with E-state index in [2.05, 4.69) is 24.4 Å². The maximum Gasteiger partial charge on any atom is 0.328 e. The SMILES string of the molecule is CCCCCCCCCCCCC/C=C/CCCCCCCCCOC(=O)[C@@H]1CCC(=O)N1. The molecule has 1 aliphatic rings. The summed E-state index contributed by atoms with van der Waals surface area (Å²) in [6.07, 6.45) is 32.3. The highest BCUT2D eigenvalue weighted by Crippen LogP contribution is 2.13. The lowest BCUT2D eigenvalue weighted by Gasteiger charge is -2.09. The van der Waals surface area contributed by atoms with E-state index in [9.17, 15) is 9.59 Å². The molecule has 0 bridgehead atoms. The molecule has 192 valence electrons. The quantitative estimate of drug-likeness (QED) is 0.0944. The second-order valence-corrected chi connectivity index (χ2v) is 9.89. The van der Waals surface area contributed by atoms with Crippen LogP contribution in [0.15, 0.2) is 12.2 Å². The van der Waals surface area contributed by atoms with E-state index in [1.807, 2.05) is 0 Å². The van der Waals surface area contributed by atoms with Crippen molar-refractivity contribution in [2.24, 2.45) is 0 Å². The van der Waals surface area contributed by atoms with Gasteiger partial charge in [0.1, 0.15) is 6.04 Å². The van der Waals surface area contributed by atoms with Gasteiger partial charge in [0.25, 0.3) is 0 Å². The summed E-state index contributed by atoms with van der Waals surface area (Å²) in [5.74, 6) is -0.311. The van der Waals surface area contributed by atoms with Crippen LogP contribution >= 0.6 is 0 Å². The highest BCUT2D eigenvalue weighted by molar-refractivity contribution is 5.87. The van der Waals surface area contributed by atoms with Crippen LogP contribution in [0.3, 0.4) is 0 Å². The number of hydrogen-bond acceptors (Lipinski definition) is 3. The number of hydrogen-bond donors (Lipinski definition) is 1. The van der Waals surface area contributed by atoms with Crippen molar-refractivity contribution >= 4 is 11.9 Å². The van der Waals surface area contributed by atoms with Crippen LogP contribution in [0, 0.1) is 0 Å². The molecule has 0 unspecified atom stereocenters. The van der Waals surface area contributed by atoms with Gasteiger partial charge in [-0.1, -0.05) is 115 Å². The normalized spacial score (nSPS) is 15.9. The summed E-state index contributed by atoms with van der Waals surface area (Å²) in [4.78, 5) is 22.9. The van der Waals surface area contributed by atoms with Gasteiger partial charge < -0.3 is 10.1 Å². The van der Waals surface area contributed by atoms with Crippen molar-refractivity contribution in [1.29, 1.82) is 0 Å². The van der Waals surface area contributed by atoms with Crippen LogP contribution in [-0.4, -0.2) is 24.5 Å². The minimum atomic E-state index is -0.411. The highest BCUT2D eigenvalue weighted by Gasteiger charge is 2.28. The van der Waals surface area contributed by atoms with Crippen LogP contribution in [-0.2, 0) is 14.3 Å². The van der Waals surface area contributed by atoms with E-state index in [-0.39, 0.29) is 11.9 Å². The standard InChI is InChI=1S/C29H53NO3/c1-2-3-4-5-6-7-8-9-10-11-12-13-14-15-16-17-18-19-20-21-22-23-26-33-29(32)27-24-25-28(31)30-27/h14-15,27H,2-13,16-26H2,1H3,(H,30,31)/b15-14+/t27-/m0/s1. The van der Waals surface area contributed by atoms with E-state index in [1.54, 1.807) is 0 Å². The van der Waals surface area contributed by atoms with Gasteiger partial charge in [0.15, 0.2) is 0 Å². The smallest absolute Gasteiger partial charge is 0.328 e. The van der Waals surface area contributed by atoms with Crippen molar-refractivity contribution in [2.45, 2.75) is 154 Å². The maximum absolute atomic E-state index is 11.8. The Hall–Kier alpha value is -1.32. The Labute approximate surface area is 204 Å². The van der Waals surface area contributed by atoms with Gasteiger partial charge in [-0.3, -0.25) is 4.79 Å². The molecule has 1 amide bonds. The van der Waals surface area contributed by atoms with Crippen molar-refractivity contribution in [1.82, 2.24) is 5.32 Å². The molecule has 1 N–H and O–H groups in total. The van der Waals surface area contributed by atoms with E-state index in [4.69, 9.17) is 4.74 Å². The van der Waals surface area contributed by atoms with E-state index < -0.39 is 6.04 Å². The van der Waals surface area contributed by atoms with Crippen molar-refractivity contribution in [3.63, 3.8) is 0 Å². The molecule has 0 aromatic rings. The fourth-order valence-corrected chi connectivity index (χ4v) is 4.47. The number of carbonyl (C=O) groups is 2. The first-order chi connectivity index (χ1) is 16.2. The molecule has 0 saturated carbocycles. The fraction of sp³-hybridized carbons (Fsp3) is 0.862. The molecule has 0 radical (unpaired) electrons. The number of unbranched alkanes of at least 4 members (excludes halogenated alkanes) is 18. The maximum atomic E-state index is 11.8. The molecule has 0 aromatic carbocycles. The lowest BCUT2D eigenvalue weighted by Crippen LogP contribution is -2.34. The molecule has 1 saturated heterocycles. The average molecular weight is 464 g/mol. The Morgan fingerprint density at radius 2 is 1.21 bits per heavy atom. The molecule has 33 heavy (non-hydrogen) atoms. The third-order valence-electron chi connectivity index (χ3n) is 6.68. The molecule has 4 nitrogen and oxygen atoms in total. The average Bonchev–Trinajstić information content (AvgIpc) is 3.26. The van der Waals surface area contributed by atoms with Crippen molar-refractivity contribution in [3.8, 4) is 0 Å². The molecule has 1 atom stereocenters. The van der Waals surface area contributed by atoms with E-state index in [0.717, 1.165) is 12.8 Å². The van der Waals surface area contributed by atoms with Crippen molar-refractivity contribution in [3.05, 3.63) is 12.2 Å². The third kappa shape index (κ3) is 18.8. The summed E-state index contributed by atoms with van der Waals surface area (Å²) >= 11 is 0. The molecule has 0 spiro atoms. The van der Waals surface area contributed by atoms with Crippen molar-refractivity contribution < 1.29 is 14.3 Å². The third-order valence-corrected chi connectivity index (χ3v) is 6.68. The molecular weight excluding hydrogens is 410 g/mol. The fourth-order valence-electron chi connectivity index (χ4n) is 4.47. The lowest BCUT2D eigenvalue weighted by atomic mass is 10.0. The van der Waals surface area contributed by atoms with Crippen LogP contribution in [0.25, 0.3) is 0 Å². The predicted molar refractivity (Wildman–Crippen MR) is 139 cm³/mol. The van der Waals surface area contributed by atoms with Gasteiger partial charge in [-0.25, -0.2) is 4.79 Å². The number of amides is 1. The predicted octanol–water partition coefficient (Wildman–Crippen LogP) is 8.19. The number of nitrogens with one attached hydrogen (secondary N) is 1. The molecule has 0 aliphatic carbocycles. The Kier molecular flexibility index (Phi) is 20.2. The van der Waals surface area contributed by atoms with Crippen molar-refractivity contribution in [2.75, 3.05) is 6.61 Å². The second kappa shape index (κ2) is 22.5.